The number of benzene rings is 1. The third-order valence-electron chi connectivity index (χ3n) is 6.14. The van der Waals surface area contributed by atoms with Crippen molar-refractivity contribution in [3.05, 3.63) is 40.4 Å². The molecule has 1 saturated heterocycles. The summed E-state index contributed by atoms with van der Waals surface area (Å²) < 4.78 is 12.4. The van der Waals surface area contributed by atoms with Crippen molar-refractivity contribution in [1.29, 1.82) is 0 Å². The van der Waals surface area contributed by atoms with E-state index in [9.17, 15) is 0 Å². The SMILES string of the molecule is CC1(C)Cc2nc(N3CCOC[C@@H]3Cc3c([Si](C)(C)C)oc4ccccc34)sc2C=N1. The molecule has 2 aromatic heterocycles. The van der Waals surface area contributed by atoms with Crippen LogP contribution >= 0.6 is 11.3 Å². The maximum Gasteiger partial charge on any atom is 0.186 e. The molecule has 0 spiro atoms. The minimum Gasteiger partial charge on any atom is -0.466 e. The number of hydrogen-bond acceptors (Lipinski definition) is 6. The Morgan fingerprint density at radius 1 is 1.23 bits per heavy atom. The molecule has 164 valence electrons. The largest absolute Gasteiger partial charge is 0.466 e. The molecule has 0 amide bonds. The van der Waals surface area contributed by atoms with Crippen molar-refractivity contribution in [2.45, 2.75) is 57.9 Å². The van der Waals surface area contributed by atoms with Gasteiger partial charge in [-0.05, 0) is 31.9 Å². The van der Waals surface area contributed by atoms with Gasteiger partial charge >= 0.3 is 0 Å². The molecule has 7 heteroatoms. The molecule has 2 aliphatic rings. The molecule has 31 heavy (non-hydrogen) atoms. The highest BCUT2D eigenvalue weighted by Crippen LogP contribution is 2.34. The van der Waals surface area contributed by atoms with Crippen LogP contribution in [0.15, 0.2) is 33.7 Å². The number of para-hydroxylation sites is 1. The molecular formula is C24H31N3O2SSi. The van der Waals surface area contributed by atoms with Crippen molar-refractivity contribution < 1.29 is 9.15 Å². The van der Waals surface area contributed by atoms with Gasteiger partial charge in [0.1, 0.15) is 13.7 Å². The summed E-state index contributed by atoms with van der Waals surface area (Å²) in [5.41, 5.74) is 3.48. The van der Waals surface area contributed by atoms with Crippen molar-refractivity contribution in [2.24, 2.45) is 4.99 Å². The fourth-order valence-corrected chi connectivity index (χ4v) is 7.22. The summed E-state index contributed by atoms with van der Waals surface area (Å²) in [6.07, 6.45) is 3.83. The molecule has 0 bridgehead atoms. The van der Waals surface area contributed by atoms with Gasteiger partial charge in [-0.25, -0.2) is 4.98 Å². The predicted octanol–water partition coefficient (Wildman–Crippen LogP) is 4.64. The summed E-state index contributed by atoms with van der Waals surface area (Å²) in [6.45, 7) is 13.8. The first kappa shape index (κ1) is 20.9. The van der Waals surface area contributed by atoms with E-state index in [-0.39, 0.29) is 11.6 Å². The Kier molecular flexibility index (Phi) is 5.11. The van der Waals surface area contributed by atoms with E-state index in [1.54, 1.807) is 11.3 Å². The minimum absolute atomic E-state index is 0.0648. The van der Waals surface area contributed by atoms with E-state index in [0.29, 0.717) is 6.61 Å². The number of nitrogens with zero attached hydrogens (tertiary/aromatic N) is 3. The third kappa shape index (κ3) is 3.99. The molecular weight excluding hydrogens is 422 g/mol. The van der Waals surface area contributed by atoms with Gasteiger partial charge in [-0.3, -0.25) is 4.99 Å². The highest BCUT2D eigenvalue weighted by molar-refractivity contribution is 7.17. The fourth-order valence-electron chi connectivity index (χ4n) is 4.61. The van der Waals surface area contributed by atoms with E-state index in [2.05, 4.69) is 62.7 Å². The van der Waals surface area contributed by atoms with Crippen molar-refractivity contribution in [3.8, 4) is 0 Å². The number of aromatic nitrogens is 1. The van der Waals surface area contributed by atoms with Crippen molar-refractivity contribution in [1.82, 2.24) is 4.98 Å². The number of ether oxygens (including phenoxy) is 1. The molecule has 1 fully saturated rings. The summed E-state index contributed by atoms with van der Waals surface area (Å²) in [4.78, 5) is 13.4. The van der Waals surface area contributed by atoms with Gasteiger partial charge in [0, 0.05) is 24.6 Å². The first-order valence-electron chi connectivity index (χ1n) is 11.1. The molecule has 0 unspecified atom stereocenters. The van der Waals surface area contributed by atoms with Gasteiger partial charge in [0.05, 0.1) is 40.7 Å². The lowest BCUT2D eigenvalue weighted by Gasteiger charge is -2.36. The summed E-state index contributed by atoms with van der Waals surface area (Å²) in [6, 6.07) is 8.71. The Balaban J connectivity index is 1.50. The predicted molar refractivity (Wildman–Crippen MR) is 132 cm³/mol. The Labute approximate surface area is 189 Å². The third-order valence-corrected chi connectivity index (χ3v) is 8.98. The summed E-state index contributed by atoms with van der Waals surface area (Å²) in [5.74, 6) is 0. The second-order valence-corrected chi connectivity index (χ2v) is 16.3. The van der Waals surface area contributed by atoms with Gasteiger partial charge in [-0.2, -0.15) is 0 Å². The second kappa shape index (κ2) is 7.57. The van der Waals surface area contributed by atoms with Crippen molar-refractivity contribution >= 4 is 47.1 Å². The van der Waals surface area contributed by atoms with Gasteiger partial charge in [-0.1, -0.05) is 49.2 Å². The van der Waals surface area contributed by atoms with Crippen LogP contribution in [0.2, 0.25) is 19.6 Å². The van der Waals surface area contributed by atoms with Gasteiger partial charge in [0.2, 0.25) is 0 Å². The Morgan fingerprint density at radius 3 is 2.84 bits per heavy atom. The molecule has 0 radical (unpaired) electrons. The summed E-state index contributed by atoms with van der Waals surface area (Å²) >= 11 is 1.77. The monoisotopic (exact) mass is 453 g/mol. The number of thiazole rings is 1. The minimum atomic E-state index is -1.63. The second-order valence-electron chi connectivity index (χ2n) is 10.3. The summed E-state index contributed by atoms with van der Waals surface area (Å²) in [7, 11) is -1.63. The zero-order valence-corrected chi connectivity index (χ0v) is 20.9. The molecule has 5 rings (SSSR count). The molecule has 0 aliphatic carbocycles. The molecule has 5 nitrogen and oxygen atoms in total. The molecule has 2 aliphatic heterocycles. The molecule has 1 atom stereocenters. The highest BCUT2D eigenvalue weighted by atomic mass is 32.1. The highest BCUT2D eigenvalue weighted by Gasteiger charge is 2.33. The van der Waals surface area contributed by atoms with Gasteiger partial charge < -0.3 is 14.1 Å². The van der Waals surface area contributed by atoms with E-state index in [1.165, 1.54) is 26.9 Å². The standard InChI is InChI=1S/C24H31N3O2SSi/c1-24(2)13-19-21(14-25-24)30-23(26-19)27-10-11-28-15-16(27)12-18-17-8-6-7-9-20(17)29-22(18)31(3,4)5/h6-9,14,16H,10-13,15H2,1-5H3/t16-/m0/s1. The van der Waals surface area contributed by atoms with E-state index in [4.69, 9.17) is 19.1 Å². The van der Waals surface area contributed by atoms with Gasteiger partial charge in [-0.15, -0.1) is 0 Å². The zero-order chi connectivity index (χ0) is 21.8. The maximum atomic E-state index is 6.41. The van der Waals surface area contributed by atoms with Crippen LogP contribution < -0.4 is 10.3 Å². The smallest absolute Gasteiger partial charge is 0.186 e. The first-order chi connectivity index (χ1) is 14.7. The number of hydrogen-bond donors (Lipinski definition) is 0. The first-order valence-corrected chi connectivity index (χ1v) is 15.4. The average molecular weight is 454 g/mol. The Morgan fingerprint density at radius 2 is 2.03 bits per heavy atom. The summed E-state index contributed by atoms with van der Waals surface area (Å²) in [5, 5.41) is 3.56. The molecule has 1 aromatic carbocycles. The van der Waals surface area contributed by atoms with Crippen LogP contribution in [0.1, 0.15) is 30.0 Å². The van der Waals surface area contributed by atoms with Crippen LogP contribution in [0.4, 0.5) is 5.13 Å². The number of rotatable bonds is 4. The topological polar surface area (TPSA) is 50.9 Å². The Hall–Kier alpha value is -1.96. The van der Waals surface area contributed by atoms with Crippen LogP contribution in [0.25, 0.3) is 11.0 Å². The number of anilines is 1. The van der Waals surface area contributed by atoms with Crippen LogP contribution in [-0.2, 0) is 17.6 Å². The average Bonchev–Trinajstić information content (AvgIpc) is 3.29. The molecule has 0 saturated carbocycles. The normalized spacial score (nSPS) is 20.9. The van der Waals surface area contributed by atoms with Crippen molar-refractivity contribution in [2.75, 3.05) is 24.7 Å². The van der Waals surface area contributed by atoms with Crippen LogP contribution in [0, 0.1) is 0 Å². The maximum absolute atomic E-state index is 6.41. The van der Waals surface area contributed by atoms with Gasteiger partial charge in [0.15, 0.2) is 5.13 Å². The molecule has 3 aromatic rings. The van der Waals surface area contributed by atoms with E-state index >= 15 is 0 Å². The van der Waals surface area contributed by atoms with Gasteiger partial charge in [0.25, 0.3) is 0 Å². The lowest BCUT2D eigenvalue weighted by molar-refractivity contribution is 0.0941. The number of morpholine rings is 1. The van der Waals surface area contributed by atoms with Crippen LogP contribution in [-0.4, -0.2) is 50.6 Å². The number of aliphatic imine (C=N–C) groups is 1. The molecule has 4 heterocycles. The Bertz CT molecular complexity index is 1140. The quantitative estimate of drug-likeness (QED) is 0.540. The number of furan rings is 1. The van der Waals surface area contributed by atoms with Crippen LogP contribution in [0.5, 0.6) is 0 Å². The number of fused-ring (bicyclic) bond motifs is 2. The zero-order valence-electron chi connectivity index (χ0n) is 19.1. The van der Waals surface area contributed by atoms with E-state index < -0.39 is 8.07 Å². The van der Waals surface area contributed by atoms with Crippen molar-refractivity contribution in [3.63, 3.8) is 0 Å². The van der Waals surface area contributed by atoms with Crippen LogP contribution in [0.3, 0.4) is 0 Å². The lowest BCUT2D eigenvalue weighted by Crippen LogP contribution is -2.48. The molecule has 0 N–H and O–H groups in total. The van der Waals surface area contributed by atoms with E-state index in [1.807, 2.05) is 6.21 Å². The van der Waals surface area contributed by atoms with E-state index in [0.717, 1.165) is 36.7 Å². The lowest BCUT2D eigenvalue weighted by atomic mass is 9.97. The fraction of sp³-hybridized carbons (Fsp3) is 0.500.